The Hall–Kier alpha value is -1.12. The van der Waals surface area contributed by atoms with Crippen molar-refractivity contribution in [2.24, 2.45) is 0 Å². The summed E-state index contributed by atoms with van der Waals surface area (Å²) in [5, 5.41) is 0. The Kier molecular flexibility index (Phi) is 4.70. The molecule has 3 fully saturated rings. The van der Waals surface area contributed by atoms with E-state index in [9.17, 15) is 0 Å². The molecular weight excluding hydrogens is 268 g/mol. The average molecular weight is 298 g/mol. The molecule has 3 rings (SSSR count). The Morgan fingerprint density at radius 3 is 1.23 bits per heavy atom. The Labute approximate surface area is 135 Å². The number of likely N-dealkylation sites (tertiary alicyclic amines) is 2. The fraction of sp³-hybridized carbons (Fsp3) is 0.600. The summed E-state index contributed by atoms with van der Waals surface area (Å²) in [6, 6.07) is 1.28. The van der Waals surface area contributed by atoms with Gasteiger partial charge >= 0.3 is 0 Å². The highest BCUT2D eigenvalue weighted by Crippen LogP contribution is 2.33. The highest BCUT2D eigenvalue weighted by molar-refractivity contribution is 5.20. The summed E-state index contributed by atoms with van der Waals surface area (Å²) < 4.78 is 0. The van der Waals surface area contributed by atoms with Crippen molar-refractivity contribution < 1.29 is 0 Å². The van der Waals surface area contributed by atoms with Gasteiger partial charge in [-0.1, -0.05) is 61.4 Å². The molecule has 0 aromatic heterocycles. The van der Waals surface area contributed by atoms with Gasteiger partial charge in [0.1, 0.15) is 0 Å². The third kappa shape index (κ3) is 3.44. The van der Waals surface area contributed by atoms with E-state index in [1.807, 2.05) is 0 Å². The van der Waals surface area contributed by atoms with Crippen molar-refractivity contribution in [2.45, 2.75) is 50.6 Å². The normalized spacial score (nSPS) is 32.5. The fourth-order valence-corrected chi connectivity index (χ4v) is 4.60. The first kappa shape index (κ1) is 15.8. The molecule has 2 heteroatoms. The second-order valence-electron chi connectivity index (χ2n) is 7.58. The van der Waals surface area contributed by atoms with Crippen LogP contribution >= 0.6 is 0 Å². The second-order valence-corrected chi connectivity index (χ2v) is 7.58. The lowest BCUT2D eigenvalue weighted by Gasteiger charge is -2.48. The van der Waals surface area contributed by atoms with E-state index in [0.717, 1.165) is 39.0 Å². The predicted molar refractivity (Wildman–Crippen MR) is 95.0 cm³/mol. The van der Waals surface area contributed by atoms with Gasteiger partial charge in [0.2, 0.25) is 0 Å². The molecule has 0 bridgehead atoms. The molecule has 0 radical (unpaired) electrons. The zero-order chi connectivity index (χ0) is 15.7. The van der Waals surface area contributed by atoms with Crippen LogP contribution in [-0.2, 0) is 0 Å². The maximum atomic E-state index is 4.23. The molecular formula is C20H30N2. The smallest absolute Gasteiger partial charge is 0.0258 e. The summed E-state index contributed by atoms with van der Waals surface area (Å²) in [5.74, 6) is 0. The topological polar surface area (TPSA) is 6.48 Å². The molecule has 0 aromatic rings. The molecule has 0 spiro atoms. The van der Waals surface area contributed by atoms with Crippen LogP contribution in [0.4, 0.5) is 0 Å². The van der Waals surface area contributed by atoms with E-state index in [4.69, 9.17) is 0 Å². The van der Waals surface area contributed by atoms with Crippen molar-refractivity contribution in [2.75, 3.05) is 26.2 Å². The van der Waals surface area contributed by atoms with Crippen LogP contribution in [0.1, 0.15) is 38.5 Å². The van der Waals surface area contributed by atoms with Crippen LogP contribution in [0.5, 0.6) is 0 Å². The molecule has 22 heavy (non-hydrogen) atoms. The van der Waals surface area contributed by atoms with Gasteiger partial charge in [0.15, 0.2) is 0 Å². The van der Waals surface area contributed by atoms with E-state index in [0.29, 0.717) is 12.1 Å². The Bertz CT molecular complexity index is 424. The molecule has 2 unspecified atom stereocenters. The van der Waals surface area contributed by atoms with Gasteiger partial charge in [-0.05, 0) is 25.7 Å². The van der Waals surface area contributed by atoms with Gasteiger partial charge in [0.25, 0.3) is 0 Å². The third-order valence-corrected chi connectivity index (χ3v) is 5.34. The van der Waals surface area contributed by atoms with Crippen LogP contribution in [0, 0.1) is 0 Å². The third-order valence-electron chi connectivity index (χ3n) is 5.34. The predicted octanol–water partition coefficient (Wildman–Crippen LogP) is 3.93. The minimum atomic E-state index is 0.640. The zero-order valence-corrected chi connectivity index (χ0v) is 13.9. The zero-order valence-electron chi connectivity index (χ0n) is 13.9. The van der Waals surface area contributed by atoms with Crippen LogP contribution < -0.4 is 0 Å². The summed E-state index contributed by atoms with van der Waals surface area (Å²) in [7, 11) is 0. The van der Waals surface area contributed by atoms with E-state index in [-0.39, 0.29) is 0 Å². The number of nitrogens with zero attached hydrogens (tertiary/aromatic N) is 2. The molecule has 2 nitrogen and oxygen atoms in total. The van der Waals surface area contributed by atoms with Gasteiger partial charge in [-0.3, -0.25) is 9.80 Å². The van der Waals surface area contributed by atoms with Gasteiger partial charge in [0, 0.05) is 38.3 Å². The van der Waals surface area contributed by atoms with Gasteiger partial charge in [-0.25, -0.2) is 0 Å². The minimum absolute atomic E-state index is 0.640. The quantitative estimate of drug-likeness (QED) is 0.713. The molecule has 2 aliphatic heterocycles. The molecule has 0 amide bonds. The van der Waals surface area contributed by atoms with Gasteiger partial charge in [-0.15, -0.1) is 0 Å². The molecule has 1 saturated carbocycles. The standard InChI is InChI=1S/C20H30N2/c1-15-9-16(2)12-21(11-15)19-7-5-6-8-20(19)22-13-17(3)10-18(4)14-22/h19-20H,1-14H2. The van der Waals surface area contributed by atoms with Crippen molar-refractivity contribution in [3.63, 3.8) is 0 Å². The van der Waals surface area contributed by atoms with Gasteiger partial charge in [-0.2, -0.15) is 0 Å². The average Bonchev–Trinajstić information content (AvgIpc) is 2.45. The number of hydrogen-bond donors (Lipinski definition) is 0. The SMILES string of the molecule is C=C1CC(=C)CN(C2CCCCC2N2CC(=C)CC(=C)C2)C1. The van der Waals surface area contributed by atoms with Crippen LogP contribution in [0.2, 0.25) is 0 Å². The maximum absolute atomic E-state index is 4.23. The Balaban J connectivity index is 1.76. The summed E-state index contributed by atoms with van der Waals surface area (Å²) in [6.45, 7) is 21.1. The number of piperidine rings is 2. The summed E-state index contributed by atoms with van der Waals surface area (Å²) in [4.78, 5) is 5.27. The molecule has 2 heterocycles. The maximum Gasteiger partial charge on any atom is 0.0258 e. The molecule has 1 aliphatic carbocycles. The lowest BCUT2D eigenvalue weighted by atomic mass is 9.84. The van der Waals surface area contributed by atoms with E-state index in [1.54, 1.807) is 0 Å². The minimum Gasteiger partial charge on any atom is -0.291 e. The first-order chi connectivity index (χ1) is 10.5. The summed E-state index contributed by atoms with van der Waals surface area (Å²) in [6.07, 6.45) is 7.36. The second kappa shape index (κ2) is 6.55. The highest BCUT2D eigenvalue weighted by Gasteiger charge is 2.36. The van der Waals surface area contributed by atoms with Crippen LogP contribution in [0.3, 0.4) is 0 Å². The molecule has 120 valence electrons. The number of rotatable bonds is 2. The lowest BCUT2D eigenvalue weighted by molar-refractivity contribution is 0.0601. The monoisotopic (exact) mass is 298 g/mol. The summed E-state index contributed by atoms with van der Waals surface area (Å²) in [5.41, 5.74) is 5.31. The van der Waals surface area contributed by atoms with Crippen molar-refractivity contribution in [1.29, 1.82) is 0 Å². The molecule has 0 N–H and O–H groups in total. The first-order valence-electron chi connectivity index (χ1n) is 8.67. The molecule has 2 saturated heterocycles. The van der Waals surface area contributed by atoms with Crippen LogP contribution in [-0.4, -0.2) is 48.1 Å². The van der Waals surface area contributed by atoms with Gasteiger partial charge < -0.3 is 0 Å². The van der Waals surface area contributed by atoms with Crippen molar-refractivity contribution in [3.8, 4) is 0 Å². The van der Waals surface area contributed by atoms with E-state index < -0.39 is 0 Å². The Morgan fingerprint density at radius 1 is 0.591 bits per heavy atom. The summed E-state index contributed by atoms with van der Waals surface area (Å²) >= 11 is 0. The van der Waals surface area contributed by atoms with Crippen molar-refractivity contribution in [1.82, 2.24) is 9.80 Å². The van der Waals surface area contributed by atoms with E-state index in [2.05, 4.69) is 36.1 Å². The van der Waals surface area contributed by atoms with E-state index >= 15 is 0 Å². The van der Waals surface area contributed by atoms with Crippen molar-refractivity contribution >= 4 is 0 Å². The first-order valence-corrected chi connectivity index (χ1v) is 8.67. The molecule has 0 aromatic carbocycles. The van der Waals surface area contributed by atoms with Crippen LogP contribution in [0.25, 0.3) is 0 Å². The molecule has 2 atom stereocenters. The Morgan fingerprint density at radius 2 is 0.909 bits per heavy atom. The lowest BCUT2D eigenvalue weighted by Crippen LogP contribution is -2.56. The fourth-order valence-electron chi connectivity index (χ4n) is 4.60. The molecule has 3 aliphatic rings. The highest BCUT2D eigenvalue weighted by atomic mass is 15.3. The van der Waals surface area contributed by atoms with E-state index in [1.165, 1.54) is 48.0 Å². The van der Waals surface area contributed by atoms with Crippen LogP contribution in [0.15, 0.2) is 48.6 Å². The van der Waals surface area contributed by atoms with Crippen molar-refractivity contribution in [3.05, 3.63) is 48.6 Å². The van der Waals surface area contributed by atoms with Gasteiger partial charge in [0.05, 0.1) is 0 Å². The largest absolute Gasteiger partial charge is 0.291 e. The number of hydrogen-bond acceptors (Lipinski definition) is 2.